The molecule has 34 heavy (non-hydrogen) atoms. The van der Waals surface area contributed by atoms with Gasteiger partial charge in [0.1, 0.15) is 12.3 Å². The third-order valence-electron chi connectivity index (χ3n) is 6.22. The number of nitrogens with two attached hydrogens (primary N) is 1. The Morgan fingerprint density at radius 1 is 1.26 bits per heavy atom. The molecule has 1 fully saturated rings. The number of hydrogen-bond acceptors (Lipinski definition) is 8. The van der Waals surface area contributed by atoms with Crippen LogP contribution in [0.15, 0.2) is 47.5 Å². The van der Waals surface area contributed by atoms with Crippen LogP contribution in [0, 0.1) is 13.8 Å². The summed E-state index contributed by atoms with van der Waals surface area (Å²) < 4.78 is 7.30. The molecule has 2 aromatic heterocycles. The van der Waals surface area contributed by atoms with E-state index in [0.717, 1.165) is 22.3 Å². The standard InChI is InChI=1S/C24H26N6O4/c1-12-5-3-4-6-15(12)14-7-13(2)20(25)16(8-14)27-24-28-22-21(23(33)29-24)26-11-30(22)19-9-17(32)18(10-31)34-19/h3-8,11,17-19,31-32H,9-10,25H2,1-2H3,(H2,27,28,29,33)/t17-,18+,19+/m0/s1. The van der Waals surface area contributed by atoms with Crippen molar-refractivity contribution in [3.63, 3.8) is 0 Å². The first-order valence-electron chi connectivity index (χ1n) is 11.0. The van der Waals surface area contributed by atoms with Crippen LogP contribution in [0.5, 0.6) is 0 Å². The molecule has 2 aromatic carbocycles. The fraction of sp³-hybridized carbons (Fsp3) is 0.292. The Morgan fingerprint density at radius 2 is 2.06 bits per heavy atom. The summed E-state index contributed by atoms with van der Waals surface area (Å²) in [5.74, 6) is 0.199. The summed E-state index contributed by atoms with van der Waals surface area (Å²) in [6.45, 7) is 3.67. The molecule has 0 saturated carbocycles. The predicted molar refractivity (Wildman–Crippen MR) is 129 cm³/mol. The summed E-state index contributed by atoms with van der Waals surface area (Å²) in [5.41, 5.74) is 11.6. The Bertz CT molecular complexity index is 1430. The highest BCUT2D eigenvalue weighted by molar-refractivity contribution is 5.82. The number of aromatic nitrogens is 4. The molecule has 1 aliphatic heterocycles. The molecule has 0 bridgehead atoms. The quantitative estimate of drug-likeness (QED) is 0.284. The fourth-order valence-electron chi connectivity index (χ4n) is 4.33. The molecule has 10 heteroatoms. The van der Waals surface area contributed by atoms with E-state index in [1.54, 1.807) is 4.57 Å². The lowest BCUT2D eigenvalue weighted by Gasteiger charge is -2.16. The Balaban J connectivity index is 1.54. The van der Waals surface area contributed by atoms with E-state index in [1.807, 2.05) is 50.2 Å². The molecule has 0 amide bonds. The number of ether oxygens (including phenoxy) is 1. The number of nitrogen functional groups attached to an aromatic ring is 1. The molecule has 4 aromatic rings. The lowest BCUT2D eigenvalue weighted by Crippen LogP contribution is -2.24. The maximum absolute atomic E-state index is 12.7. The topological polar surface area (TPSA) is 151 Å². The van der Waals surface area contributed by atoms with Crippen LogP contribution in [-0.4, -0.2) is 48.5 Å². The summed E-state index contributed by atoms with van der Waals surface area (Å²) in [5, 5.41) is 22.6. The van der Waals surface area contributed by atoms with Crippen molar-refractivity contribution < 1.29 is 14.9 Å². The Morgan fingerprint density at radius 3 is 2.79 bits per heavy atom. The molecule has 5 rings (SSSR count). The third-order valence-corrected chi connectivity index (χ3v) is 6.22. The van der Waals surface area contributed by atoms with Crippen LogP contribution in [0.4, 0.5) is 17.3 Å². The van der Waals surface area contributed by atoms with Crippen molar-refractivity contribution >= 4 is 28.5 Å². The fourth-order valence-corrected chi connectivity index (χ4v) is 4.33. The Kier molecular flexibility index (Phi) is 5.56. The van der Waals surface area contributed by atoms with Gasteiger partial charge in [-0.3, -0.25) is 14.3 Å². The SMILES string of the molecule is Cc1ccccc1-c1cc(C)c(N)c(Nc2nc3c(ncn3[C@H]3C[C@H](O)[C@@H](CO)O3)c(=O)[nH]2)c1. The van der Waals surface area contributed by atoms with Gasteiger partial charge in [-0.15, -0.1) is 0 Å². The van der Waals surface area contributed by atoms with Crippen LogP contribution >= 0.6 is 0 Å². The van der Waals surface area contributed by atoms with E-state index in [-0.39, 0.29) is 24.5 Å². The van der Waals surface area contributed by atoms with Gasteiger partial charge in [0.2, 0.25) is 5.95 Å². The van der Waals surface area contributed by atoms with E-state index in [4.69, 9.17) is 10.5 Å². The number of H-pyrrole nitrogens is 1. The molecule has 1 aliphatic rings. The van der Waals surface area contributed by atoms with E-state index < -0.39 is 24.0 Å². The number of nitrogens with zero attached hydrogens (tertiary/aromatic N) is 3. The minimum atomic E-state index is -0.820. The lowest BCUT2D eigenvalue weighted by atomic mass is 9.97. The first-order chi connectivity index (χ1) is 16.4. The highest BCUT2D eigenvalue weighted by atomic mass is 16.5. The third kappa shape index (κ3) is 3.81. The van der Waals surface area contributed by atoms with Crippen molar-refractivity contribution in [3.05, 3.63) is 64.2 Å². The van der Waals surface area contributed by atoms with Gasteiger partial charge in [0.05, 0.1) is 30.4 Å². The molecule has 6 N–H and O–H groups in total. The van der Waals surface area contributed by atoms with Gasteiger partial charge in [0, 0.05) is 6.42 Å². The lowest BCUT2D eigenvalue weighted by molar-refractivity contribution is -0.0432. The predicted octanol–water partition coefficient (Wildman–Crippen LogP) is 2.37. The molecule has 1 saturated heterocycles. The Hall–Kier alpha value is -3.73. The number of hydrogen-bond donors (Lipinski definition) is 5. The number of aryl methyl sites for hydroxylation is 2. The first-order valence-corrected chi connectivity index (χ1v) is 11.0. The summed E-state index contributed by atoms with van der Waals surface area (Å²) in [4.78, 5) is 24.1. The van der Waals surface area contributed by atoms with Crippen molar-refractivity contribution in [1.82, 2.24) is 19.5 Å². The number of nitrogens with one attached hydrogen (secondary N) is 2. The van der Waals surface area contributed by atoms with E-state index in [2.05, 4.69) is 20.3 Å². The molecule has 0 spiro atoms. The molecule has 3 heterocycles. The number of rotatable bonds is 5. The molecule has 3 atom stereocenters. The van der Waals surface area contributed by atoms with Crippen LogP contribution in [0.2, 0.25) is 0 Å². The van der Waals surface area contributed by atoms with Crippen molar-refractivity contribution in [1.29, 1.82) is 0 Å². The second-order valence-corrected chi connectivity index (χ2v) is 8.55. The van der Waals surface area contributed by atoms with Gasteiger partial charge in [-0.2, -0.15) is 4.98 Å². The van der Waals surface area contributed by atoms with Crippen LogP contribution in [0.3, 0.4) is 0 Å². The zero-order valence-corrected chi connectivity index (χ0v) is 18.8. The van der Waals surface area contributed by atoms with Gasteiger partial charge in [-0.1, -0.05) is 24.3 Å². The van der Waals surface area contributed by atoms with Gasteiger partial charge in [0.15, 0.2) is 11.2 Å². The molecule has 0 unspecified atom stereocenters. The van der Waals surface area contributed by atoms with Gasteiger partial charge in [0.25, 0.3) is 5.56 Å². The van der Waals surface area contributed by atoms with Crippen molar-refractivity contribution in [2.75, 3.05) is 17.7 Å². The van der Waals surface area contributed by atoms with Crippen LogP contribution in [0.1, 0.15) is 23.8 Å². The van der Waals surface area contributed by atoms with Gasteiger partial charge < -0.3 is 26.0 Å². The summed E-state index contributed by atoms with van der Waals surface area (Å²) in [6.07, 6.45) is -0.423. The Labute approximate surface area is 195 Å². The van der Waals surface area contributed by atoms with Crippen LogP contribution in [0.25, 0.3) is 22.3 Å². The normalized spacial score (nSPS) is 20.2. The van der Waals surface area contributed by atoms with Gasteiger partial charge in [-0.05, 0) is 48.2 Å². The van der Waals surface area contributed by atoms with Crippen molar-refractivity contribution in [2.24, 2.45) is 0 Å². The van der Waals surface area contributed by atoms with Crippen molar-refractivity contribution in [2.45, 2.75) is 38.7 Å². The minimum Gasteiger partial charge on any atom is -0.397 e. The number of benzene rings is 2. The largest absolute Gasteiger partial charge is 0.397 e. The van der Waals surface area contributed by atoms with E-state index in [1.165, 1.54) is 6.33 Å². The monoisotopic (exact) mass is 462 g/mol. The second-order valence-electron chi connectivity index (χ2n) is 8.55. The van der Waals surface area contributed by atoms with E-state index in [0.29, 0.717) is 17.0 Å². The smallest absolute Gasteiger partial charge is 0.280 e. The minimum absolute atomic E-state index is 0.147. The first kappa shape index (κ1) is 22.1. The van der Waals surface area contributed by atoms with Crippen molar-refractivity contribution in [3.8, 4) is 11.1 Å². The maximum atomic E-state index is 12.7. The van der Waals surface area contributed by atoms with E-state index in [9.17, 15) is 15.0 Å². The van der Waals surface area contributed by atoms with Gasteiger partial charge in [-0.25, -0.2) is 4.98 Å². The number of imidazole rings is 1. The molecule has 176 valence electrons. The molecule has 10 nitrogen and oxygen atoms in total. The molecule has 0 aliphatic carbocycles. The van der Waals surface area contributed by atoms with Crippen LogP contribution in [-0.2, 0) is 4.74 Å². The number of anilines is 3. The highest BCUT2D eigenvalue weighted by Gasteiger charge is 2.35. The van der Waals surface area contributed by atoms with E-state index >= 15 is 0 Å². The zero-order chi connectivity index (χ0) is 24.0. The summed E-state index contributed by atoms with van der Waals surface area (Å²) >= 11 is 0. The highest BCUT2D eigenvalue weighted by Crippen LogP contribution is 2.34. The second kappa shape index (κ2) is 8.56. The number of aliphatic hydroxyl groups is 2. The van der Waals surface area contributed by atoms with Gasteiger partial charge >= 0.3 is 0 Å². The summed E-state index contributed by atoms with van der Waals surface area (Å²) in [7, 11) is 0. The maximum Gasteiger partial charge on any atom is 0.280 e. The molecular weight excluding hydrogens is 436 g/mol. The average molecular weight is 463 g/mol. The average Bonchev–Trinajstić information content (AvgIpc) is 3.40. The summed E-state index contributed by atoms with van der Waals surface area (Å²) in [6, 6.07) is 12.0. The number of aliphatic hydroxyl groups excluding tert-OH is 2. The number of aromatic amines is 1. The molecule has 0 radical (unpaired) electrons. The van der Waals surface area contributed by atoms with Crippen LogP contribution < -0.4 is 16.6 Å². The zero-order valence-electron chi connectivity index (χ0n) is 18.8. The number of fused-ring (bicyclic) bond motifs is 1. The molecular formula is C24H26N6O4.